The van der Waals surface area contributed by atoms with Crippen LogP contribution in [0.2, 0.25) is 5.02 Å². The van der Waals surface area contributed by atoms with Crippen LogP contribution >= 0.6 is 11.6 Å². The molecular weight excluding hydrogens is 253 g/mol. The van der Waals surface area contributed by atoms with Crippen LogP contribution < -0.4 is 10.2 Å². The van der Waals surface area contributed by atoms with E-state index in [0.29, 0.717) is 22.9 Å². The molecule has 3 nitrogen and oxygen atoms in total. The molecule has 0 unspecified atom stereocenters. The molecular formula is C13H19ClFN3. The van der Waals surface area contributed by atoms with Crippen molar-refractivity contribution in [2.24, 2.45) is 0 Å². The monoisotopic (exact) mass is 271 g/mol. The SMILES string of the molecule is CNC1CCC(N(C)c2ncc(Cl)cc2F)CC1. The highest BCUT2D eigenvalue weighted by Crippen LogP contribution is 2.27. The summed E-state index contributed by atoms with van der Waals surface area (Å²) in [4.78, 5) is 6.04. The van der Waals surface area contributed by atoms with E-state index in [0.717, 1.165) is 25.7 Å². The number of aromatic nitrogens is 1. The average molecular weight is 272 g/mol. The Morgan fingerprint density at radius 1 is 1.39 bits per heavy atom. The molecule has 1 aromatic heterocycles. The van der Waals surface area contributed by atoms with Crippen LogP contribution in [0.4, 0.5) is 10.2 Å². The molecule has 0 atom stereocenters. The quantitative estimate of drug-likeness (QED) is 0.916. The molecule has 5 heteroatoms. The number of anilines is 1. The van der Waals surface area contributed by atoms with Crippen molar-refractivity contribution < 1.29 is 4.39 Å². The van der Waals surface area contributed by atoms with Gasteiger partial charge in [-0.3, -0.25) is 0 Å². The summed E-state index contributed by atoms with van der Waals surface area (Å²) in [6.45, 7) is 0. The number of halogens is 2. The molecule has 0 saturated heterocycles. The van der Waals surface area contributed by atoms with E-state index >= 15 is 0 Å². The summed E-state index contributed by atoms with van der Waals surface area (Å²) in [5.74, 6) is 0.0491. The standard InChI is InChI=1S/C13H19ClFN3/c1-16-10-3-5-11(6-4-10)18(2)13-12(15)7-9(14)8-17-13/h7-8,10-11,16H,3-6H2,1-2H3. The third-order valence-electron chi connectivity index (χ3n) is 3.78. The maximum Gasteiger partial charge on any atom is 0.167 e. The molecule has 1 fully saturated rings. The summed E-state index contributed by atoms with van der Waals surface area (Å²) in [6.07, 6.45) is 5.87. The molecule has 2 rings (SSSR count). The molecule has 0 aromatic carbocycles. The molecule has 1 aliphatic rings. The third-order valence-corrected chi connectivity index (χ3v) is 3.98. The van der Waals surface area contributed by atoms with Crippen molar-refractivity contribution >= 4 is 17.4 Å². The Morgan fingerprint density at radius 3 is 2.61 bits per heavy atom. The fourth-order valence-electron chi connectivity index (χ4n) is 2.59. The van der Waals surface area contributed by atoms with E-state index in [1.807, 2.05) is 19.0 Å². The maximum atomic E-state index is 13.8. The Kier molecular flexibility index (Phi) is 4.40. The summed E-state index contributed by atoms with van der Waals surface area (Å²) in [7, 11) is 3.90. The average Bonchev–Trinajstić information content (AvgIpc) is 2.38. The predicted molar refractivity (Wildman–Crippen MR) is 72.7 cm³/mol. The van der Waals surface area contributed by atoms with Gasteiger partial charge in [0.15, 0.2) is 11.6 Å². The fourth-order valence-corrected chi connectivity index (χ4v) is 2.74. The van der Waals surface area contributed by atoms with E-state index in [1.165, 1.54) is 12.3 Å². The summed E-state index contributed by atoms with van der Waals surface area (Å²) >= 11 is 5.72. The highest BCUT2D eigenvalue weighted by atomic mass is 35.5. The molecule has 18 heavy (non-hydrogen) atoms. The van der Waals surface area contributed by atoms with E-state index in [2.05, 4.69) is 10.3 Å². The van der Waals surface area contributed by atoms with Crippen LogP contribution in [-0.2, 0) is 0 Å². The van der Waals surface area contributed by atoms with Crippen LogP contribution in [0.5, 0.6) is 0 Å². The number of nitrogens with zero attached hydrogens (tertiary/aromatic N) is 2. The van der Waals surface area contributed by atoms with Gasteiger partial charge in [0.2, 0.25) is 0 Å². The van der Waals surface area contributed by atoms with E-state index < -0.39 is 0 Å². The molecule has 0 amide bonds. The van der Waals surface area contributed by atoms with Gasteiger partial charge in [-0.1, -0.05) is 11.6 Å². The minimum atomic E-state index is -0.347. The lowest BCUT2D eigenvalue weighted by Crippen LogP contribution is -2.40. The zero-order valence-corrected chi connectivity index (χ0v) is 11.5. The van der Waals surface area contributed by atoms with Crippen LogP contribution in [0.15, 0.2) is 12.3 Å². The van der Waals surface area contributed by atoms with Gasteiger partial charge in [0.25, 0.3) is 0 Å². The first-order valence-electron chi connectivity index (χ1n) is 6.33. The van der Waals surface area contributed by atoms with Crippen molar-refractivity contribution in [3.63, 3.8) is 0 Å². The van der Waals surface area contributed by atoms with Gasteiger partial charge < -0.3 is 10.2 Å². The molecule has 1 aliphatic carbocycles. The van der Waals surface area contributed by atoms with Gasteiger partial charge in [-0.2, -0.15) is 0 Å². The van der Waals surface area contributed by atoms with Gasteiger partial charge in [-0.25, -0.2) is 9.37 Å². The Bertz CT molecular complexity index is 405. The van der Waals surface area contributed by atoms with E-state index in [9.17, 15) is 4.39 Å². The van der Waals surface area contributed by atoms with Gasteiger partial charge in [0.05, 0.1) is 5.02 Å². The largest absolute Gasteiger partial charge is 0.354 e. The van der Waals surface area contributed by atoms with Crippen molar-refractivity contribution in [1.29, 1.82) is 0 Å². The van der Waals surface area contributed by atoms with Gasteiger partial charge in [-0.05, 0) is 38.8 Å². The van der Waals surface area contributed by atoms with Gasteiger partial charge in [0.1, 0.15) is 0 Å². The lowest BCUT2D eigenvalue weighted by atomic mass is 9.90. The smallest absolute Gasteiger partial charge is 0.167 e. The number of pyridine rings is 1. The van der Waals surface area contributed by atoms with Gasteiger partial charge in [0, 0.05) is 25.3 Å². The second-order valence-electron chi connectivity index (χ2n) is 4.86. The molecule has 0 radical (unpaired) electrons. The van der Waals surface area contributed by atoms with Crippen LogP contribution in [0.1, 0.15) is 25.7 Å². The Labute approximate surface area is 112 Å². The second-order valence-corrected chi connectivity index (χ2v) is 5.30. The van der Waals surface area contributed by atoms with Crippen molar-refractivity contribution in [2.45, 2.75) is 37.8 Å². The Hall–Kier alpha value is -0.870. The molecule has 1 saturated carbocycles. The minimum Gasteiger partial charge on any atom is -0.354 e. The first kappa shape index (κ1) is 13.6. The van der Waals surface area contributed by atoms with Crippen LogP contribution in [0.25, 0.3) is 0 Å². The van der Waals surface area contributed by atoms with Crippen molar-refractivity contribution in [3.05, 3.63) is 23.1 Å². The lowest BCUT2D eigenvalue weighted by Gasteiger charge is -2.35. The van der Waals surface area contributed by atoms with E-state index in [4.69, 9.17) is 11.6 Å². The van der Waals surface area contributed by atoms with Crippen LogP contribution in [-0.4, -0.2) is 31.2 Å². The van der Waals surface area contributed by atoms with Gasteiger partial charge >= 0.3 is 0 Å². The van der Waals surface area contributed by atoms with E-state index in [-0.39, 0.29) is 5.82 Å². The van der Waals surface area contributed by atoms with Crippen LogP contribution in [0, 0.1) is 5.82 Å². The molecule has 0 bridgehead atoms. The molecule has 0 aliphatic heterocycles. The first-order valence-corrected chi connectivity index (χ1v) is 6.70. The zero-order chi connectivity index (χ0) is 13.1. The number of hydrogen-bond donors (Lipinski definition) is 1. The normalized spacial score (nSPS) is 24.0. The molecule has 100 valence electrons. The van der Waals surface area contributed by atoms with Gasteiger partial charge in [-0.15, -0.1) is 0 Å². The molecule has 1 heterocycles. The number of hydrogen-bond acceptors (Lipinski definition) is 3. The topological polar surface area (TPSA) is 28.2 Å². The maximum absolute atomic E-state index is 13.8. The second kappa shape index (κ2) is 5.85. The third kappa shape index (κ3) is 2.93. The first-order chi connectivity index (χ1) is 8.61. The summed E-state index contributed by atoms with van der Waals surface area (Å²) < 4.78 is 13.8. The number of nitrogens with one attached hydrogen (secondary N) is 1. The predicted octanol–water partition coefficient (Wildman–Crippen LogP) is 2.84. The van der Waals surface area contributed by atoms with E-state index in [1.54, 1.807) is 0 Å². The highest BCUT2D eigenvalue weighted by molar-refractivity contribution is 6.30. The van der Waals surface area contributed by atoms with Crippen molar-refractivity contribution in [3.8, 4) is 0 Å². The Morgan fingerprint density at radius 2 is 2.06 bits per heavy atom. The van der Waals surface area contributed by atoms with Crippen molar-refractivity contribution in [2.75, 3.05) is 19.0 Å². The summed E-state index contributed by atoms with van der Waals surface area (Å²) in [5, 5.41) is 3.63. The molecule has 1 N–H and O–H groups in total. The minimum absolute atomic E-state index is 0.337. The van der Waals surface area contributed by atoms with Crippen LogP contribution in [0.3, 0.4) is 0 Å². The zero-order valence-electron chi connectivity index (χ0n) is 10.8. The fraction of sp³-hybridized carbons (Fsp3) is 0.615. The molecule has 0 spiro atoms. The summed E-state index contributed by atoms with van der Waals surface area (Å²) in [5.41, 5.74) is 0. The molecule has 1 aromatic rings. The highest BCUT2D eigenvalue weighted by Gasteiger charge is 2.25. The number of rotatable bonds is 3. The lowest BCUT2D eigenvalue weighted by molar-refractivity contribution is 0.349. The van der Waals surface area contributed by atoms with Crippen molar-refractivity contribution in [1.82, 2.24) is 10.3 Å². The Balaban J connectivity index is 2.05. The summed E-state index contributed by atoms with van der Waals surface area (Å²) in [6, 6.07) is 2.27.